The zero-order valence-electron chi connectivity index (χ0n) is 11.8. The highest BCUT2D eigenvalue weighted by atomic mass is 16.5. The van der Waals surface area contributed by atoms with Gasteiger partial charge in [0.05, 0.1) is 6.26 Å². The van der Waals surface area contributed by atoms with Crippen molar-refractivity contribution in [3.63, 3.8) is 0 Å². The summed E-state index contributed by atoms with van der Waals surface area (Å²) in [6, 6.07) is 11.8. The summed E-state index contributed by atoms with van der Waals surface area (Å²) >= 11 is 0. The first-order chi connectivity index (χ1) is 10.8. The van der Waals surface area contributed by atoms with E-state index in [0.717, 1.165) is 40.3 Å². The molecule has 3 aliphatic rings. The number of allylic oxidation sites excluding steroid dienone is 1. The number of ether oxygens (including phenoxy) is 2. The standard InChI is InChI=1S/C18H13NO3/c20-17-18(12-5-1-2-6-14(12)19-17)10-22-16-8-11-4-3-7-21-15(11)9-13(16)18/h1-3,5-9H,4,10H2,(H,19,20). The number of carbonyl (C=O) groups excluding carboxylic acids is 1. The fraction of sp³-hybridized carbons (Fsp3) is 0.167. The minimum absolute atomic E-state index is 0.0289. The zero-order chi connectivity index (χ0) is 14.7. The summed E-state index contributed by atoms with van der Waals surface area (Å²) in [5.74, 6) is 1.56. The van der Waals surface area contributed by atoms with Gasteiger partial charge in [-0.25, -0.2) is 0 Å². The van der Waals surface area contributed by atoms with Crippen LogP contribution in [0.25, 0.3) is 0 Å². The average molecular weight is 291 g/mol. The van der Waals surface area contributed by atoms with Crippen LogP contribution < -0.4 is 14.8 Å². The van der Waals surface area contributed by atoms with E-state index < -0.39 is 5.41 Å². The Balaban J connectivity index is 1.77. The molecular weight excluding hydrogens is 278 g/mol. The molecular formula is C18H13NO3. The fourth-order valence-electron chi connectivity index (χ4n) is 3.61. The molecule has 4 nitrogen and oxygen atoms in total. The van der Waals surface area contributed by atoms with Crippen molar-refractivity contribution in [2.75, 3.05) is 11.9 Å². The molecule has 2 aromatic carbocycles. The highest BCUT2D eigenvalue weighted by Gasteiger charge is 2.54. The Morgan fingerprint density at radius 3 is 2.95 bits per heavy atom. The van der Waals surface area contributed by atoms with Crippen LogP contribution in [0.5, 0.6) is 11.5 Å². The molecule has 3 heterocycles. The Labute approximate surface area is 127 Å². The van der Waals surface area contributed by atoms with Crippen LogP contribution in [0.15, 0.2) is 48.7 Å². The van der Waals surface area contributed by atoms with Crippen molar-refractivity contribution in [3.8, 4) is 11.5 Å². The quantitative estimate of drug-likeness (QED) is 0.812. The number of amides is 1. The van der Waals surface area contributed by atoms with Gasteiger partial charge in [0.2, 0.25) is 5.91 Å². The lowest BCUT2D eigenvalue weighted by molar-refractivity contribution is -0.119. The van der Waals surface area contributed by atoms with E-state index in [-0.39, 0.29) is 5.91 Å². The van der Waals surface area contributed by atoms with E-state index in [1.807, 2.05) is 42.5 Å². The summed E-state index contributed by atoms with van der Waals surface area (Å²) < 4.78 is 11.5. The molecule has 0 bridgehead atoms. The second kappa shape index (κ2) is 3.91. The number of para-hydroxylation sites is 1. The molecule has 2 aromatic rings. The monoisotopic (exact) mass is 291 g/mol. The van der Waals surface area contributed by atoms with E-state index in [9.17, 15) is 4.79 Å². The van der Waals surface area contributed by atoms with Crippen molar-refractivity contribution >= 4 is 11.6 Å². The second-order valence-electron chi connectivity index (χ2n) is 5.84. The van der Waals surface area contributed by atoms with Crippen molar-refractivity contribution in [3.05, 3.63) is 65.4 Å². The summed E-state index contributed by atoms with van der Waals surface area (Å²) in [6.45, 7) is 0.335. The van der Waals surface area contributed by atoms with Gasteiger partial charge < -0.3 is 14.8 Å². The van der Waals surface area contributed by atoms with E-state index in [1.165, 1.54) is 0 Å². The van der Waals surface area contributed by atoms with Gasteiger partial charge in [0.1, 0.15) is 23.5 Å². The van der Waals surface area contributed by atoms with E-state index in [1.54, 1.807) is 6.26 Å². The summed E-state index contributed by atoms with van der Waals surface area (Å²) in [5.41, 5.74) is 3.06. The van der Waals surface area contributed by atoms with Crippen molar-refractivity contribution in [1.82, 2.24) is 0 Å². The Morgan fingerprint density at radius 1 is 1.09 bits per heavy atom. The molecule has 0 aromatic heterocycles. The molecule has 0 fully saturated rings. The fourth-order valence-corrected chi connectivity index (χ4v) is 3.61. The first kappa shape index (κ1) is 11.9. The Kier molecular flexibility index (Phi) is 2.11. The van der Waals surface area contributed by atoms with E-state index in [2.05, 4.69) is 5.32 Å². The van der Waals surface area contributed by atoms with E-state index in [0.29, 0.717) is 6.61 Å². The number of hydrogen-bond donors (Lipinski definition) is 1. The van der Waals surface area contributed by atoms with Crippen molar-refractivity contribution in [1.29, 1.82) is 0 Å². The summed E-state index contributed by atoms with van der Waals surface area (Å²) in [5, 5.41) is 2.98. The number of nitrogens with one attached hydrogen (secondary N) is 1. The molecule has 1 N–H and O–H groups in total. The van der Waals surface area contributed by atoms with E-state index >= 15 is 0 Å². The van der Waals surface area contributed by atoms with Gasteiger partial charge in [-0.2, -0.15) is 0 Å². The summed E-state index contributed by atoms with van der Waals surface area (Å²) in [7, 11) is 0. The molecule has 22 heavy (non-hydrogen) atoms. The van der Waals surface area contributed by atoms with Crippen molar-refractivity contribution in [2.24, 2.45) is 0 Å². The Bertz CT molecular complexity index is 855. The number of hydrogen-bond acceptors (Lipinski definition) is 3. The van der Waals surface area contributed by atoms with Gasteiger partial charge in [-0.3, -0.25) is 4.79 Å². The Morgan fingerprint density at radius 2 is 2.00 bits per heavy atom. The van der Waals surface area contributed by atoms with Gasteiger partial charge in [0.15, 0.2) is 0 Å². The molecule has 0 saturated carbocycles. The van der Waals surface area contributed by atoms with Gasteiger partial charge in [0.25, 0.3) is 0 Å². The van der Waals surface area contributed by atoms with Crippen LogP contribution in [0, 0.1) is 0 Å². The maximum absolute atomic E-state index is 12.7. The number of anilines is 1. The molecule has 1 amide bonds. The third-order valence-electron chi connectivity index (χ3n) is 4.72. The molecule has 5 rings (SSSR count). The first-order valence-electron chi connectivity index (χ1n) is 7.32. The molecule has 1 spiro atoms. The summed E-state index contributed by atoms with van der Waals surface area (Å²) in [4.78, 5) is 12.7. The topological polar surface area (TPSA) is 47.6 Å². The van der Waals surface area contributed by atoms with Crippen LogP contribution in [0.2, 0.25) is 0 Å². The molecule has 1 unspecified atom stereocenters. The first-order valence-corrected chi connectivity index (χ1v) is 7.32. The maximum atomic E-state index is 12.7. The zero-order valence-corrected chi connectivity index (χ0v) is 11.8. The van der Waals surface area contributed by atoms with Crippen LogP contribution in [-0.2, 0) is 16.6 Å². The minimum atomic E-state index is -0.758. The molecule has 0 aliphatic carbocycles. The molecule has 3 aliphatic heterocycles. The summed E-state index contributed by atoms with van der Waals surface area (Å²) in [6.07, 6.45) is 4.48. The molecule has 0 radical (unpaired) electrons. The van der Waals surface area contributed by atoms with Gasteiger partial charge in [0, 0.05) is 16.8 Å². The number of carbonyl (C=O) groups is 1. The van der Waals surface area contributed by atoms with E-state index in [4.69, 9.17) is 9.47 Å². The van der Waals surface area contributed by atoms with Crippen molar-refractivity contribution in [2.45, 2.75) is 11.8 Å². The molecule has 0 saturated heterocycles. The second-order valence-corrected chi connectivity index (χ2v) is 5.84. The van der Waals surface area contributed by atoms with Gasteiger partial charge in [-0.1, -0.05) is 18.2 Å². The van der Waals surface area contributed by atoms with Crippen molar-refractivity contribution < 1.29 is 14.3 Å². The lowest BCUT2D eigenvalue weighted by Crippen LogP contribution is -2.37. The van der Waals surface area contributed by atoms with Crippen LogP contribution in [-0.4, -0.2) is 12.5 Å². The minimum Gasteiger partial charge on any atom is -0.491 e. The third kappa shape index (κ3) is 1.30. The van der Waals surface area contributed by atoms with Gasteiger partial charge in [-0.15, -0.1) is 0 Å². The molecule has 108 valence electrons. The molecule has 1 atom stereocenters. The lowest BCUT2D eigenvalue weighted by Gasteiger charge is -2.21. The molecule has 4 heteroatoms. The number of fused-ring (bicyclic) bond motifs is 5. The highest BCUT2D eigenvalue weighted by Crippen LogP contribution is 2.51. The maximum Gasteiger partial charge on any atom is 0.243 e. The predicted octanol–water partition coefficient (Wildman–Crippen LogP) is 2.77. The third-order valence-corrected chi connectivity index (χ3v) is 4.72. The highest BCUT2D eigenvalue weighted by molar-refractivity contribution is 6.09. The number of rotatable bonds is 0. The van der Waals surface area contributed by atoms with Crippen LogP contribution in [0.4, 0.5) is 5.69 Å². The van der Waals surface area contributed by atoms with Gasteiger partial charge in [-0.05, 0) is 36.3 Å². The van der Waals surface area contributed by atoms with Crippen LogP contribution in [0.3, 0.4) is 0 Å². The SMILES string of the molecule is O=C1Nc2ccccc2C12COc1cc3c(cc12)OC=CC3. The lowest BCUT2D eigenvalue weighted by atomic mass is 9.76. The average Bonchev–Trinajstić information content (AvgIpc) is 3.06. The van der Waals surface area contributed by atoms with Gasteiger partial charge >= 0.3 is 0 Å². The number of benzene rings is 2. The Hall–Kier alpha value is -2.75. The predicted molar refractivity (Wildman–Crippen MR) is 81.3 cm³/mol. The van der Waals surface area contributed by atoms with Crippen LogP contribution in [0.1, 0.15) is 16.7 Å². The smallest absolute Gasteiger partial charge is 0.243 e. The van der Waals surface area contributed by atoms with Crippen LogP contribution >= 0.6 is 0 Å². The normalized spacial score (nSPS) is 23.4. The largest absolute Gasteiger partial charge is 0.491 e.